The molecule has 23 heavy (non-hydrogen) atoms. The molecule has 0 amide bonds. The summed E-state index contributed by atoms with van der Waals surface area (Å²) in [4.78, 5) is 4.46. The minimum Gasteiger partial charge on any atom is -0.506 e. The average Bonchev–Trinajstić information content (AvgIpc) is 2.82. The van der Waals surface area contributed by atoms with E-state index in [1.807, 2.05) is 12.1 Å². The Hall–Kier alpha value is -2.05. The Morgan fingerprint density at radius 3 is 2.57 bits per heavy atom. The van der Waals surface area contributed by atoms with Crippen molar-refractivity contribution in [3.8, 4) is 5.75 Å². The highest BCUT2D eigenvalue weighted by molar-refractivity contribution is 7.21. The molecule has 0 spiro atoms. The molecular formula is C16H9ClF3NOS. The minimum atomic E-state index is -4.46. The Kier molecular flexibility index (Phi) is 4.04. The number of aromatic hydroxyl groups is 1. The van der Waals surface area contributed by atoms with E-state index in [0.717, 1.165) is 22.9 Å². The highest BCUT2D eigenvalue weighted by Crippen LogP contribution is 2.37. The van der Waals surface area contributed by atoms with E-state index in [-0.39, 0.29) is 16.5 Å². The smallest absolute Gasteiger partial charge is 0.416 e. The van der Waals surface area contributed by atoms with Crippen molar-refractivity contribution in [1.82, 2.24) is 0 Å². The van der Waals surface area contributed by atoms with Gasteiger partial charge in [-0.25, -0.2) is 0 Å². The van der Waals surface area contributed by atoms with Crippen LogP contribution in [0, 0.1) is 0 Å². The number of nitrogens with zero attached hydrogens (tertiary/aromatic N) is 1. The molecule has 0 saturated heterocycles. The van der Waals surface area contributed by atoms with Gasteiger partial charge in [0.25, 0.3) is 0 Å². The van der Waals surface area contributed by atoms with E-state index in [4.69, 9.17) is 11.6 Å². The van der Waals surface area contributed by atoms with Gasteiger partial charge in [0, 0.05) is 16.3 Å². The maximum atomic E-state index is 12.7. The minimum absolute atomic E-state index is 0.00153. The van der Waals surface area contributed by atoms with Gasteiger partial charge in [0.15, 0.2) is 0 Å². The first-order valence-electron chi connectivity index (χ1n) is 6.47. The van der Waals surface area contributed by atoms with Crippen LogP contribution in [0.2, 0.25) is 5.02 Å². The second-order valence-corrected chi connectivity index (χ2v) is 6.22. The van der Waals surface area contributed by atoms with Gasteiger partial charge >= 0.3 is 6.18 Å². The van der Waals surface area contributed by atoms with Crippen molar-refractivity contribution in [3.05, 3.63) is 57.9 Å². The first-order chi connectivity index (χ1) is 10.9. The number of benzene rings is 2. The van der Waals surface area contributed by atoms with Crippen molar-refractivity contribution in [2.45, 2.75) is 6.18 Å². The summed E-state index contributed by atoms with van der Waals surface area (Å²) < 4.78 is 39.1. The van der Waals surface area contributed by atoms with E-state index < -0.39 is 11.7 Å². The molecule has 0 saturated carbocycles. The number of hydrogen-bond donors (Lipinski definition) is 1. The summed E-state index contributed by atoms with van der Waals surface area (Å²) in [7, 11) is 0. The summed E-state index contributed by atoms with van der Waals surface area (Å²) in [5.74, 6) is 0.0532. The quantitative estimate of drug-likeness (QED) is 0.559. The molecule has 0 aliphatic heterocycles. The summed E-state index contributed by atoms with van der Waals surface area (Å²) >= 11 is 7.18. The van der Waals surface area contributed by atoms with Crippen molar-refractivity contribution >= 4 is 44.9 Å². The second kappa shape index (κ2) is 5.86. The molecule has 2 nitrogen and oxygen atoms in total. The van der Waals surface area contributed by atoms with Crippen LogP contribution in [-0.4, -0.2) is 11.3 Å². The molecule has 0 fully saturated rings. The zero-order valence-electron chi connectivity index (χ0n) is 11.4. The Bertz CT molecular complexity index is 902. The van der Waals surface area contributed by atoms with Crippen molar-refractivity contribution in [2.75, 3.05) is 0 Å². The van der Waals surface area contributed by atoms with Crippen LogP contribution in [0.25, 0.3) is 10.1 Å². The molecule has 0 unspecified atom stereocenters. The van der Waals surface area contributed by atoms with Gasteiger partial charge in [0.2, 0.25) is 0 Å². The van der Waals surface area contributed by atoms with Gasteiger partial charge in [0.1, 0.15) is 5.75 Å². The number of halogens is 4. The predicted molar refractivity (Wildman–Crippen MR) is 87.2 cm³/mol. The fraction of sp³-hybridized carbons (Fsp3) is 0.0625. The van der Waals surface area contributed by atoms with E-state index in [2.05, 4.69) is 4.99 Å². The van der Waals surface area contributed by atoms with E-state index in [1.165, 1.54) is 17.6 Å². The Labute approximate surface area is 138 Å². The van der Waals surface area contributed by atoms with Gasteiger partial charge in [0.05, 0.1) is 21.2 Å². The van der Waals surface area contributed by atoms with Crippen molar-refractivity contribution < 1.29 is 18.3 Å². The molecule has 0 bridgehead atoms. The lowest BCUT2D eigenvalue weighted by Crippen LogP contribution is -2.04. The summed E-state index contributed by atoms with van der Waals surface area (Å²) in [6, 6.07) is 10.2. The topological polar surface area (TPSA) is 32.6 Å². The summed E-state index contributed by atoms with van der Waals surface area (Å²) in [5.41, 5.74) is -0.826. The zero-order valence-corrected chi connectivity index (χ0v) is 13.0. The summed E-state index contributed by atoms with van der Waals surface area (Å²) in [6.07, 6.45) is -3.14. The molecule has 0 radical (unpaired) electrons. The van der Waals surface area contributed by atoms with Gasteiger partial charge in [-0.3, -0.25) is 4.99 Å². The monoisotopic (exact) mass is 355 g/mol. The van der Waals surface area contributed by atoms with Crippen molar-refractivity contribution in [3.63, 3.8) is 0 Å². The summed E-state index contributed by atoms with van der Waals surface area (Å²) in [6.45, 7) is 0. The van der Waals surface area contributed by atoms with E-state index in [1.54, 1.807) is 12.1 Å². The largest absolute Gasteiger partial charge is 0.506 e. The summed E-state index contributed by atoms with van der Waals surface area (Å²) in [5, 5.41) is 10.9. The average molecular weight is 356 g/mol. The lowest BCUT2D eigenvalue weighted by molar-refractivity contribution is -0.137. The van der Waals surface area contributed by atoms with Crippen molar-refractivity contribution in [1.29, 1.82) is 0 Å². The third-order valence-electron chi connectivity index (χ3n) is 3.19. The van der Waals surface area contributed by atoms with Crippen LogP contribution in [0.3, 0.4) is 0 Å². The molecule has 1 N–H and O–H groups in total. The van der Waals surface area contributed by atoms with Gasteiger partial charge in [-0.2, -0.15) is 13.2 Å². The Morgan fingerprint density at radius 2 is 1.87 bits per heavy atom. The molecule has 1 aromatic heterocycles. The maximum absolute atomic E-state index is 12.7. The SMILES string of the molecule is Oc1c(C=Nc2cc(C(F)(F)F)ccc2Cl)sc2ccccc12. The molecule has 0 atom stereocenters. The fourth-order valence-electron chi connectivity index (χ4n) is 2.05. The molecule has 0 aliphatic carbocycles. The maximum Gasteiger partial charge on any atom is 0.416 e. The van der Waals surface area contributed by atoms with Gasteiger partial charge in [-0.15, -0.1) is 11.3 Å². The normalized spacial score (nSPS) is 12.3. The van der Waals surface area contributed by atoms with Crippen LogP contribution in [0.15, 0.2) is 47.5 Å². The first-order valence-corrected chi connectivity index (χ1v) is 7.67. The molecule has 1 heterocycles. The molecule has 2 aromatic carbocycles. The standard InChI is InChI=1S/C16H9ClF3NOS/c17-11-6-5-9(16(18,19)20)7-12(11)21-8-14-15(22)10-3-1-2-4-13(10)23-14/h1-8,22H. The van der Waals surface area contributed by atoms with E-state index >= 15 is 0 Å². The highest BCUT2D eigenvalue weighted by Gasteiger charge is 2.30. The van der Waals surface area contributed by atoms with Gasteiger partial charge in [-0.05, 0) is 30.3 Å². The van der Waals surface area contributed by atoms with Gasteiger partial charge < -0.3 is 5.11 Å². The van der Waals surface area contributed by atoms with Crippen LogP contribution in [0.5, 0.6) is 5.75 Å². The number of aliphatic imine (C=N–C) groups is 1. The van der Waals surface area contributed by atoms with E-state index in [9.17, 15) is 18.3 Å². The third kappa shape index (κ3) is 3.18. The zero-order chi connectivity index (χ0) is 16.6. The Morgan fingerprint density at radius 1 is 1.13 bits per heavy atom. The first kappa shape index (κ1) is 15.8. The van der Waals surface area contributed by atoms with Crippen molar-refractivity contribution in [2.24, 2.45) is 4.99 Å². The lowest BCUT2D eigenvalue weighted by Gasteiger charge is -2.07. The number of fused-ring (bicyclic) bond motifs is 1. The molecule has 118 valence electrons. The number of hydrogen-bond acceptors (Lipinski definition) is 3. The van der Waals surface area contributed by atoms with Crippen LogP contribution < -0.4 is 0 Å². The van der Waals surface area contributed by atoms with Crippen LogP contribution in [-0.2, 0) is 6.18 Å². The van der Waals surface area contributed by atoms with Crippen LogP contribution in [0.1, 0.15) is 10.4 Å². The Balaban J connectivity index is 2.00. The fourth-order valence-corrected chi connectivity index (χ4v) is 3.19. The molecule has 3 aromatic rings. The molecular weight excluding hydrogens is 347 g/mol. The molecule has 7 heteroatoms. The third-order valence-corrected chi connectivity index (χ3v) is 4.60. The van der Waals surface area contributed by atoms with E-state index in [0.29, 0.717) is 10.3 Å². The van der Waals surface area contributed by atoms with Gasteiger partial charge in [-0.1, -0.05) is 23.7 Å². The number of alkyl halides is 3. The van der Waals surface area contributed by atoms with Crippen LogP contribution >= 0.6 is 22.9 Å². The molecule has 3 rings (SSSR count). The highest BCUT2D eigenvalue weighted by atomic mass is 35.5. The second-order valence-electron chi connectivity index (χ2n) is 4.73. The lowest BCUT2D eigenvalue weighted by atomic mass is 10.2. The molecule has 0 aliphatic rings. The number of thiophene rings is 1. The predicted octanol–water partition coefficient (Wildman–Crippen LogP) is 6.03. The van der Waals surface area contributed by atoms with Crippen LogP contribution in [0.4, 0.5) is 18.9 Å². The number of rotatable bonds is 2.